The van der Waals surface area contributed by atoms with Crippen LogP contribution in [-0.4, -0.2) is 53.0 Å². The van der Waals surface area contributed by atoms with Crippen molar-refractivity contribution in [3.63, 3.8) is 0 Å². The van der Waals surface area contributed by atoms with Gasteiger partial charge in [-0.1, -0.05) is 40.0 Å². The first kappa shape index (κ1) is 22.7. The largest absolute Gasteiger partial charge is 0.464 e. The summed E-state index contributed by atoms with van der Waals surface area (Å²) in [5.41, 5.74) is -0.640. The quantitative estimate of drug-likeness (QED) is 0.589. The third-order valence-electron chi connectivity index (χ3n) is 3.42. The van der Waals surface area contributed by atoms with E-state index in [4.69, 9.17) is 9.47 Å². The lowest BCUT2D eigenvalue weighted by Crippen LogP contribution is -2.44. The van der Waals surface area contributed by atoms with Crippen LogP contribution in [0.5, 0.6) is 0 Å². The van der Waals surface area contributed by atoms with Crippen molar-refractivity contribution in [3.8, 4) is 0 Å². The molecule has 142 valence electrons. The van der Waals surface area contributed by atoms with Gasteiger partial charge in [-0.15, -0.1) is 0 Å². The molecule has 0 spiro atoms. The fraction of sp³-hybridized carbons (Fsp3) is 0.889. The molecule has 0 bridgehead atoms. The monoisotopic (exact) mass is 345 g/mol. The van der Waals surface area contributed by atoms with Crippen molar-refractivity contribution in [2.75, 3.05) is 13.2 Å². The molecule has 1 amide bonds. The van der Waals surface area contributed by atoms with E-state index in [9.17, 15) is 14.7 Å². The molecule has 0 aromatic heterocycles. The highest BCUT2D eigenvalue weighted by Gasteiger charge is 2.41. The van der Waals surface area contributed by atoms with Crippen molar-refractivity contribution in [2.24, 2.45) is 0 Å². The molecule has 0 saturated carbocycles. The number of hydrogen-bond acceptors (Lipinski definition) is 5. The number of nitrogens with zero attached hydrogens (tertiary/aromatic N) is 1. The predicted molar refractivity (Wildman–Crippen MR) is 93.8 cm³/mol. The maximum absolute atomic E-state index is 12.1. The van der Waals surface area contributed by atoms with E-state index in [2.05, 4.69) is 6.92 Å². The molecule has 6 heteroatoms. The Hall–Kier alpha value is -1.30. The average Bonchev–Trinajstić information content (AvgIpc) is 2.89. The fourth-order valence-corrected chi connectivity index (χ4v) is 2.36. The standard InChI is InChI=1S/C16H29NO5.C2H6/c1-5-6-7-8-9-21-14(19)13-10-12(18)11-17(13)15(20)22-16(2,3)4;1-2/h12-13,18H,5-11H2,1-4H3;1-2H3. The number of esters is 1. The molecule has 24 heavy (non-hydrogen) atoms. The Bertz CT molecular complexity index is 378. The number of aliphatic hydroxyl groups is 1. The molecule has 6 nitrogen and oxygen atoms in total. The van der Waals surface area contributed by atoms with Crippen molar-refractivity contribution < 1.29 is 24.2 Å². The number of β-amino-alcohol motifs (C(OH)–C–C–N with tert-alkyl or cyclic N) is 1. The number of amides is 1. The minimum atomic E-state index is -0.754. The van der Waals surface area contributed by atoms with Crippen LogP contribution >= 0.6 is 0 Å². The zero-order valence-electron chi connectivity index (χ0n) is 16.1. The Morgan fingerprint density at radius 3 is 2.33 bits per heavy atom. The normalized spacial score (nSPS) is 20.2. The fourth-order valence-electron chi connectivity index (χ4n) is 2.36. The van der Waals surface area contributed by atoms with Gasteiger partial charge in [-0.25, -0.2) is 9.59 Å². The Labute approximate surface area is 146 Å². The molecule has 1 fully saturated rings. The second-order valence-corrected chi connectivity index (χ2v) is 6.77. The number of unbranched alkanes of at least 4 members (excludes halogenated alkanes) is 3. The minimum absolute atomic E-state index is 0.102. The summed E-state index contributed by atoms with van der Waals surface area (Å²) in [7, 11) is 0. The first-order valence-electron chi connectivity index (χ1n) is 9.09. The molecule has 1 rings (SSSR count). The first-order chi connectivity index (χ1) is 11.2. The van der Waals surface area contributed by atoms with Gasteiger partial charge in [-0.2, -0.15) is 0 Å². The summed E-state index contributed by atoms with van der Waals surface area (Å²) in [6, 6.07) is -0.754. The second kappa shape index (κ2) is 11.3. The number of aliphatic hydroxyl groups excluding tert-OH is 1. The van der Waals surface area contributed by atoms with Crippen LogP contribution in [0.3, 0.4) is 0 Å². The van der Waals surface area contributed by atoms with E-state index >= 15 is 0 Å². The Kier molecular flexibility index (Phi) is 10.7. The van der Waals surface area contributed by atoms with E-state index in [1.807, 2.05) is 13.8 Å². The molecule has 1 heterocycles. The van der Waals surface area contributed by atoms with Gasteiger partial charge < -0.3 is 14.6 Å². The van der Waals surface area contributed by atoms with Crippen LogP contribution < -0.4 is 0 Å². The summed E-state index contributed by atoms with van der Waals surface area (Å²) >= 11 is 0. The lowest BCUT2D eigenvalue weighted by Gasteiger charge is -2.27. The van der Waals surface area contributed by atoms with Crippen LogP contribution in [0.4, 0.5) is 4.79 Å². The van der Waals surface area contributed by atoms with E-state index in [0.29, 0.717) is 6.61 Å². The number of rotatable bonds is 6. The third-order valence-corrected chi connectivity index (χ3v) is 3.42. The Morgan fingerprint density at radius 2 is 1.79 bits per heavy atom. The van der Waals surface area contributed by atoms with Gasteiger partial charge in [0.05, 0.1) is 19.3 Å². The van der Waals surface area contributed by atoms with Gasteiger partial charge in [-0.05, 0) is 27.2 Å². The maximum atomic E-state index is 12.1. The zero-order valence-corrected chi connectivity index (χ0v) is 16.1. The number of hydrogen-bond donors (Lipinski definition) is 1. The van der Waals surface area contributed by atoms with Crippen molar-refractivity contribution in [1.82, 2.24) is 4.90 Å². The third kappa shape index (κ3) is 8.52. The number of carbonyl (C=O) groups is 2. The van der Waals surface area contributed by atoms with Crippen molar-refractivity contribution >= 4 is 12.1 Å². The average molecular weight is 345 g/mol. The number of carbonyl (C=O) groups excluding carboxylic acids is 2. The lowest BCUT2D eigenvalue weighted by atomic mass is 10.2. The van der Waals surface area contributed by atoms with Crippen molar-refractivity contribution in [3.05, 3.63) is 0 Å². The van der Waals surface area contributed by atoms with Crippen LogP contribution in [0, 0.1) is 0 Å². The minimum Gasteiger partial charge on any atom is -0.464 e. The SMILES string of the molecule is CC.CCCCCCOC(=O)C1CC(O)CN1C(=O)OC(C)(C)C. The van der Waals surface area contributed by atoms with E-state index in [0.717, 1.165) is 25.7 Å². The van der Waals surface area contributed by atoms with Gasteiger partial charge in [-0.3, -0.25) is 4.90 Å². The lowest BCUT2D eigenvalue weighted by molar-refractivity contribution is -0.149. The van der Waals surface area contributed by atoms with Crippen LogP contribution in [0.25, 0.3) is 0 Å². The summed E-state index contributed by atoms with van der Waals surface area (Å²) in [6.45, 7) is 11.9. The summed E-state index contributed by atoms with van der Waals surface area (Å²) < 4.78 is 10.5. The van der Waals surface area contributed by atoms with Crippen LogP contribution in [0.1, 0.15) is 73.6 Å². The Morgan fingerprint density at radius 1 is 1.17 bits per heavy atom. The summed E-state index contributed by atoms with van der Waals surface area (Å²) in [4.78, 5) is 25.5. The van der Waals surface area contributed by atoms with Gasteiger partial charge >= 0.3 is 12.1 Å². The molecule has 1 aliphatic heterocycles. The molecule has 2 atom stereocenters. The van der Waals surface area contributed by atoms with E-state index in [-0.39, 0.29) is 13.0 Å². The number of ether oxygens (including phenoxy) is 2. The molecule has 0 aromatic carbocycles. The van der Waals surface area contributed by atoms with Gasteiger partial charge in [0.15, 0.2) is 0 Å². The van der Waals surface area contributed by atoms with Crippen LogP contribution in [-0.2, 0) is 14.3 Å². The van der Waals surface area contributed by atoms with E-state index < -0.39 is 29.8 Å². The summed E-state index contributed by atoms with van der Waals surface area (Å²) in [5.74, 6) is -0.459. The number of likely N-dealkylation sites (tertiary alicyclic amines) is 1. The molecular formula is C18H35NO5. The first-order valence-corrected chi connectivity index (χ1v) is 9.09. The second-order valence-electron chi connectivity index (χ2n) is 6.77. The van der Waals surface area contributed by atoms with Gasteiger partial charge in [0.1, 0.15) is 11.6 Å². The molecule has 1 saturated heterocycles. The van der Waals surface area contributed by atoms with Crippen LogP contribution in [0.2, 0.25) is 0 Å². The zero-order chi connectivity index (χ0) is 18.8. The van der Waals surface area contributed by atoms with Crippen molar-refractivity contribution in [2.45, 2.75) is 91.4 Å². The van der Waals surface area contributed by atoms with Gasteiger partial charge in [0, 0.05) is 6.42 Å². The summed E-state index contributed by atoms with van der Waals surface area (Å²) in [5, 5.41) is 9.75. The predicted octanol–water partition coefficient (Wildman–Crippen LogP) is 3.51. The van der Waals surface area contributed by atoms with Gasteiger partial charge in [0.2, 0.25) is 0 Å². The Balaban J connectivity index is 0.00000254. The van der Waals surface area contributed by atoms with E-state index in [1.165, 1.54) is 4.90 Å². The summed E-state index contributed by atoms with van der Waals surface area (Å²) in [6.07, 6.45) is 2.97. The molecule has 2 unspecified atom stereocenters. The van der Waals surface area contributed by atoms with Crippen molar-refractivity contribution in [1.29, 1.82) is 0 Å². The highest BCUT2D eigenvalue weighted by atomic mass is 16.6. The highest BCUT2D eigenvalue weighted by molar-refractivity contribution is 5.82. The maximum Gasteiger partial charge on any atom is 0.411 e. The van der Waals surface area contributed by atoms with Gasteiger partial charge in [0.25, 0.3) is 0 Å². The van der Waals surface area contributed by atoms with Crippen LogP contribution in [0.15, 0.2) is 0 Å². The molecule has 1 N–H and O–H groups in total. The molecule has 1 aliphatic rings. The topological polar surface area (TPSA) is 76.1 Å². The van der Waals surface area contributed by atoms with E-state index in [1.54, 1.807) is 20.8 Å². The molecular weight excluding hydrogens is 310 g/mol. The smallest absolute Gasteiger partial charge is 0.411 e. The molecule has 0 aromatic rings. The molecule has 0 aliphatic carbocycles. The molecule has 0 radical (unpaired) electrons. The highest BCUT2D eigenvalue weighted by Crippen LogP contribution is 2.22.